The average Bonchev–Trinajstić information content (AvgIpc) is 3.77. The van der Waals surface area contributed by atoms with Gasteiger partial charge in [-0.2, -0.15) is 52.7 Å². The predicted molar refractivity (Wildman–Crippen MR) is 218 cm³/mol. The lowest BCUT2D eigenvalue weighted by Crippen LogP contribution is -2.75. The van der Waals surface area contributed by atoms with E-state index in [4.69, 9.17) is 0 Å². The third-order valence-corrected chi connectivity index (χ3v) is 17.0. The summed E-state index contributed by atoms with van der Waals surface area (Å²) in [5.74, 6) is 0. The molecule has 2 aromatic rings. The lowest BCUT2D eigenvalue weighted by molar-refractivity contribution is -0.253. The van der Waals surface area contributed by atoms with Crippen molar-refractivity contribution in [3.05, 3.63) is 177 Å². The molecule has 0 aromatic heterocycles. The predicted octanol–water partition coefficient (Wildman–Crippen LogP) is 16.1. The van der Waals surface area contributed by atoms with Crippen LogP contribution < -0.4 is 0 Å². The van der Waals surface area contributed by atoms with Crippen LogP contribution in [0.3, 0.4) is 0 Å². The second-order valence-corrected chi connectivity index (χ2v) is 19.0. The molecule has 8 rings (SSSR count). The van der Waals surface area contributed by atoms with Crippen LogP contribution in [0.15, 0.2) is 137 Å². The maximum Gasteiger partial charge on any atom is 0.416 e. The summed E-state index contributed by atoms with van der Waals surface area (Å²) in [7, 11) is 0. The van der Waals surface area contributed by atoms with E-state index in [9.17, 15) is 52.7 Å². The van der Waals surface area contributed by atoms with Gasteiger partial charge >= 0.3 is 24.7 Å². The number of alkyl halides is 12. The zero-order chi connectivity index (χ0) is 46.6. The van der Waals surface area contributed by atoms with Crippen LogP contribution in [0.25, 0.3) is 5.57 Å². The van der Waals surface area contributed by atoms with Crippen molar-refractivity contribution in [3.63, 3.8) is 0 Å². The number of allylic oxidation sites excluding steroid dienone is 17. The highest BCUT2D eigenvalue weighted by Gasteiger charge is 2.84. The summed E-state index contributed by atoms with van der Waals surface area (Å²) in [6, 6.07) is 1.17. The number of benzene rings is 2. The first-order chi connectivity index (χ1) is 28.8. The summed E-state index contributed by atoms with van der Waals surface area (Å²) in [6.45, 7) is 16.8. The molecule has 7 unspecified atom stereocenters. The van der Waals surface area contributed by atoms with Gasteiger partial charge in [0.05, 0.1) is 22.3 Å². The van der Waals surface area contributed by atoms with Gasteiger partial charge in [0.25, 0.3) is 0 Å². The minimum absolute atomic E-state index is 0.126. The molecule has 2 saturated carbocycles. The maximum atomic E-state index is 14.6. The molecular formula is C51H44F12. The van der Waals surface area contributed by atoms with Gasteiger partial charge in [-0.25, -0.2) is 0 Å². The molecule has 332 valence electrons. The number of hydrogen-bond acceptors (Lipinski definition) is 0. The lowest BCUT2D eigenvalue weighted by Gasteiger charge is -2.79. The first-order valence-corrected chi connectivity index (χ1v) is 20.4. The first kappa shape index (κ1) is 44.9. The molecule has 63 heavy (non-hydrogen) atoms. The van der Waals surface area contributed by atoms with Gasteiger partial charge in [0.15, 0.2) is 0 Å². The quantitative estimate of drug-likeness (QED) is 0.270. The Balaban J connectivity index is 1.58. The Hall–Kier alpha value is -4.74. The van der Waals surface area contributed by atoms with Crippen LogP contribution in [0.1, 0.15) is 95.2 Å². The minimum Gasteiger partial charge on any atom is -0.166 e. The van der Waals surface area contributed by atoms with Gasteiger partial charge in [-0.1, -0.05) is 133 Å². The van der Waals surface area contributed by atoms with E-state index < -0.39 is 102 Å². The molecule has 0 heterocycles. The van der Waals surface area contributed by atoms with Gasteiger partial charge in [0, 0.05) is 33.5 Å². The largest absolute Gasteiger partial charge is 0.416 e. The standard InChI is InChI=1S/C51H44F12/c1-29-39(30-15-9-10-16-30)38(27-37-28-45(6)43(4)19-12-11-17-41(43,2)42(3)18-13-14-20-44(42,5)47(45,8)46(29,37)7)40(31-21-33(48(52,53)54)25-34(22-31)49(55,56)57)32-23-35(50(58,59)60)26-36(24-32)51(61,62)63/h9-15,17-27H,16H2,1-8H3. The van der Waals surface area contributed by atoms with Crippen molar-refractivity contribution < 1.29 is 52.7 Å². The number of rotatable bonds is 3. The van der Waals surface area contributed by atoms with Crippen molar-refractivity contribution in [2.24, 2.45) is 37.9 Å². The molecular weight excluding hydrogens is 841 g/mol. The second-order valence-electron chi connectivity index (χ2n) is 19.0. The van der Waals surface area contributed by atoms with E-state index >= 15 is 0 Å². The van der Waals surface area contributed by atoms with Crippen LogP contribution in [0.5, 0.6) is 0 Å². The molecule has 7 atom stereocenters. The SMILES string of the molecule is CC1=C(C2=CC=CC2)C(=C(c2cc(C(F)(F)F)cc(C(F)(F)F)c2)c2cc(C(F)(F)F)cc(C(F)(F)F)c2)C=C2[C]C3(C)C4(C)C=CC=CC4(C)C4(C)C=CC=CC4(C)C3(C)C21C. The van der Waals surface area contributed by atoms with E-state index in [2.05, 4.69) is 72.3 Å². The van der Waals surface area contributed by atoms with Crippen molar-refractivity contribution in [1.29, 1.82) is 0 Å². The molecule has 12 heteroatoms. The Labute approximate surface area is 358 Å². The van der Waals surface area contributed by atoms with Crippen LogP contribution in [-0.4, -0.2) is 0 Å². The zero-order valence-electron chi connectivity index (χ0n) is 35.6. The normalized spacial score (nSPS) is 34.8. The highest BCUT2D eigenvalue weighted by molar-refractivity contribution is 5.90. The Morgan fingerprint density at radius 3 is 1.32 bits per heavy atom. The van der Waals surface area contributed by atoms with Gasteiger partial charge in [-0.05, 0) is 94.0 Å². The van der Waals surface area contributed by atoms with Crippen molar-refractivity contribution in [3.8, 4) is 0 Å². The third kappa shape index (κ3) is 5.63. The maximum absolute atomic E-state index is 14.6. The molecule has 0 aliphatic heterocycles. The fraction of sp³-hybridized carbons (Fsp3) is 0.392. The Bertz CT molecular complexity index is 2490. The van der Waals surface area contributed by atoms with Crippen LogP contribution in [0.4, 0.5) is 52.7 Å². The van der Waals surface area contributed by atoms with Crippen LogP contribution in [0, 0.1) is 44.3 Å². The molecule has 0 bridgehead atoms. The summed E-state index contributed by atoms with van der Waals surface area (Å²) in [6.07, 6.45) is 5.87. The summed E-state index contributed by atoms with van der Waals surface area (Å²) >= 11 is 0. The molecule has 2 fully saturated rings. The number of halogens is 12. The molecule has 0 saturated heterocycles. The lowest BCUT2D eigenvalue weighted by atomic mass is 9.24. The van der Waals surface area contributed by atoms with E-state index in [1.165, 1.54) is 0 Å². The van der Waals surface area contributed by atoms with Gasteiger partial charge in [-0.15, -0.1) is 0 Å². The summed E-state index contributed by atoms with van der Waals surface area (Å²) in [5.41, 5.74) is -13.4. The van der Waals surface area contributed by atoms with Crippen molar-refractivity contribution >= 4 is 5.57 Å². The molecule has 0 nitrogen and oxygen atoms in total. The fourth-order valence-corrected chi connectivity index (χ4v) is 12.8. The first-order valence-electron chi connectivity index (χ1n) is 20.4. The molecule has 6 aliphatic carbocycles. The summed E-state index contributed by atoms with van der Waals surface area (Å²) in [5, 5.41) is 0. The van der Waals surface area contributed by atoms with E-state index in [0.717, 1.165) is 0 Å². The molecule has 2 aromatic carbocycles. The van der Waals surface area contributed by atoms with Gasteiger partial charge in [0.2, 0.25) is 0 Å². The summed E-state index contributed by atoms with van der Waals surface area (Å²) < 4.78 is 175. The highest BCUT2D eigenvalue weighted by Crippen LogP contribution is 2.89. The van der Waals surface area contributed by atoms with E-state index in [1.807, 2.05) is 31.2 Å². The van der Waals surface area contributed by atoms with Crippen LogP contribution in [0.2, 0.25) is 0 Å². The molecule has 2 radical (unpaired) electrons. The number of fused-ring (bicyclic) bond motifs is 8. The fourth-order valence-electron chi connectivity index (χ4n) is 12.8. The van der Waals surface area contributed by atoms with Crippen molar-refractivity contribution in [2.75, 3.05) is 0 Å². The van der Waals surface area contributed by atoms with Crippen LogP contribution >= 0.6 is 0 Å². The van der Waals surface area contributed by atoms with Crippen LogP contribution in [-0.2, 0) is 24.7 Å². The van der Waals surface area contributed by atoms with Gasteiger partial charge < -0.3 is 0 Å². The molecule has 0 spiro atoms. The minimum atomic E-state index is -5.40. The third-order valence-electron chi connectivity index (χ3n) is 17.0. The van der Waals surface area contributed by atoms with Gasteiger partial charge in [0.1, 0.15) is 0 Å². The number of hydrogen-bond donors (Lipinski definition) is 0. The van der Waals surface area contributed by atoms with E-state index in [0.29, 0.717) is 46.6 Å². The Morgan fingerprint density at radius 2 is 0.921 bits per heavy atom. The Kier molecular flexibility index (Phi) is 9.38. The smallest absolute Gasteiger partial charge is 0.166 e. The zero-order valence-corrected chi connectivity index (χ0v) is 35.6. The van der Waals surface area contributed by atoms with Crippen molar-refractivity contribution in [1.82, 2.24) is 0 Å². The highest BCUT2D eigenvalue weighted by atomic mass is 19.4. The summed E-state index contributed by atoms with van der Waals surface area (Å²) in [4.78, 5) is 0. The molecule has 0 N–H and O–H groups in total. The molecule has 6 aliphatic rings. The second kappa shape index (κ2) is 13.2. The average molecular weight is 885 g/mol. The van der Waals surface area contributed by atoms with E-state index in [-0.39, 0.29) is 24.1 Å². The topological polar surface area (TPSA) is 0 Å². The van der Waals surface area contributed by atoms with Gasteiger partial charge in [-0.3, -0.25) is 0 Å². The van der Waals surface area contributed by atoms with E-state index in [1.54, 1.807) is 31.2 Å². The van der Waals surface area contributed by atoms with Crippen molar-refractivity contribution in [2.45, 2.75) is 86.5 Å². The monoisotopic (exact) mass is 884 g/mol. The molecule has 0 amide bonds. The Morgan fingerprint density at radius 1 is 0.524 bits per heavy atom.